The summed E-state index contributed by atoms with van der Waals surface area (Å²) in [5, 5.41) is 6.19. The zero-order chi connectivity index (χ0) is 15.4. The monoisotopic (exact) mass is 282 g/mol. The van der Waals surface area contributed by atoms with Gasteiger partial charge in [-0.3, -0.25) is 4.79 Å². The van der Waals surface area contributed by atoms with Crippen LogP contribution in [0.25, 0.3) is 0 Å². The maximum absolute atomic E-state index is 11.0. The molecule has 0 heterocycles. The smallest absolute Gasteiger partial charge is 0.221 e. The summed E-state index contributed by atoms with van der Waals surface area (Å²) in [5.74, 6) is -0.0541. The summed E-state index contributed by atoms with van der Waals surface area (Å²) < 4.78 is 0. The van der Waals surface area contributed by atoms with Gasteiger partial charge in [-0.2, -0.15) is 0 Å². The fourth-order valence-electron chi connectivity index (χ4n) is 2.55. The molecule has 2 N–H and O–H groups in total. The molecule has 0 spiro atoms. The van der Waals surface area contributed by atoms with Crippen molar-refractivity contribution in [2.24, 2.45) is 0 Å². The highest BCUT2D eigenvalue weighted by atomic mass is 16.1. The summed E-state index contributed by atoms with van der Waals surface area (Å²) in [4.78, 5) is 11.0. The van der Waals surface area contributed by atoms with E-state index in [1.54, 1.807) is 0 Å². The zero-order valence-corrected chi connectivity index (χ0v) is 13.1. The van der Waals surface area contributed by atoms with Gasteiger partial charge in [0.25, 0.3) is 0 Å². The van der Waals surface area contributed by atoms with Crippen molar-refractivity contribution in [1.82, 2.24) is 0 Å². The topological polar surface area (TPSA) is 41.1 Å². The maximum Gasteiger partial charge on any atom is 0.221 e. The van der Waals surface area contributed by atoms with Crippen LogP contribution in [0.4, 0.5) is 11.4 Å². The second kappa shape index (κ2) is 6.44. The summed E-state index contributed by atoms with van der Waals surface area (Å²) in [7, 11) is 0. The lowest BCUT2D eigenvalue weighted by Gasteiger charge is -2.13. The average Bonchev–Trinajstić information content (AvgIpc) is 2.38. The Labute approximate surface area is 126 Å². The quantitative estimate of drug-likeness (QED) is 0.883. The summed E-state index contributed by atoms with van der Waals surface area (Å²) in [6.45, 7) is 8.73. The molecular weight excluding hydrogens is 260 g/mol. The van der Waals surface area contributed by atoms with Gasteiger partial charge in [0.1, 0.15) is 0 Å². The molecule has 2 rings (SSSR count). The Morgan fingerprint density at radius 1 is 0.952 bits per heavy atom. The molecule has 0 aromatic heterocycles. The van der Waals surface area contributed by atoms with E-state index in [1.807, 2.05) is 24.3 Å². The molecule has 21 heavy (non-hydrogen) atoms. The van der Waals surface area contributed by atoms with Crippen LogP contribution in [-0.4, -0.2) is 5.91 Å². The van der Waals surface area contributed by atoms with Crippen molar-refractivity contribution in [3.05, 3.63) is 58.7 Å². The van der Waals surface area contributed by atoms with E-state index >= 15 is 0 Å². The van der Waals surface area contributed by atoms with Crippen molar-refractivity contribution in [3.8, 4) is 0 Å². The minimum Gasteiger partial charge on any atom is -0.381 e. The predicted molar refractivity (Wildman–Crippen MR) is 88.7 cm³/mol. The molecule has 0 fully saturated rings. The van der Waals surface area contributed by atoms with Gasteiger partial charge in [0, 0.05) is 24.8 Å². The third kappa shape index (κ3) is 4.09. The van der Waals surface area contributed by atoms with Gasteiger partial charge in [0.05, 0.1) is 0 Å². The van der Waals surface area contributed by atoms with Gasteiger partial charge in [0.15, 0.2) is 0 Å². The van der Waals surface area contributed by atoms with Gasteiger partial charge in [-0.15, -0.1) is 0 Å². The number of hydrogen-bond acceptors (Lipinski definition) is 2. The number of amides is 1. The number of carbonyl (C=O) groups excluding carboxylic acids is 1. The first kappa shape index (κ1) is 15.1. The molecular formula is C18H22N2O. The molecule has 2 aromatic carbocycles. The molecule has 0 aliphatic carbocycles. The van der Waals surface area contributed by atoms with Crippen LogP contribution in [0.3, 0.4) is 0 Å². The van der Waals surface area contributed by atoms with Crippen molar-refractivity contribution >= 4 is 17.3 Å². The van der Waals surface area contributed by atoms with Crippen molar-refractivity contribution in [2.75, 3.05) is 10.6 Å². The molecule has 0 saturated heterocycles. The largest absolute Gasteiger partial charge is 0.381 e. The van der Waals surface area contributed by atoms with Crippen LogP contribution in [0.5, 0.6) is 0 Å². The van der Waals surface area contributed by atoms with Gasteiger partial charge in [0.2, 0.25) is 5.91 Å². The standard InChI is InChI=1S/C18H22N2O/c1-12-9-13(2)18(14(3)10-12)11-19-16-5-7-17(8-6-16)20-15(4)21/h5-10,19H,11H2,1-4H3,(H,20,21). The Morgan fingerprint density at radius 3 is 2.00 bits per heavy atom. The third-order valence-electron chi connectivity index (χ3n) is 3.51. The molecule has 2 aromatic rings. The first-order chi connectivity index (χ1) is 9.95. The van der Waals surface area contributed by atoms with Crippen molar-refractivity contribution in [3.63, 3.8) is 0 Å². The molecule has 0 saturated carbocycles. The lowest BCUT2D eigenvalue weighted by atomic mass is 10.00. The van der Waals surface area contributed by atoms with Crippen molar-refractivity contribution < 1.29 is 4.79 Å². The maximum atomic E-state index is 11.0. The van der Waals surface area contributed by atoms with Crippen LogP contribution in [0, 0.1) is 20.8 Å². The molecule has 0 unspecified atom stereocenters. The van der Waals surface area contributed by atoms with Crippen LogP contribution in [-0.2, 0) is 11.3 Å². The summed E-state index contributed by atoms with van der Waals surface area (Å²) in [5.41, 5.74) is 7.13. The molecule has 3 heteroatoms. The minimum atomic E-state index is -0.0541. The number of aryl methyl sites for hydroxylation is 3. The van der Waals surface area contributed by atoms with Crippen molar-refractivity contribution in [2.45, 2.75) is 34.2 Å². The number of carbonyl (C=O) groups is 1. The second-order valence-electron chi connectivity index (χ2n) is 5.49. The fourth-order valence-corrected chi connectivity index (χ4v) is 2.55. The van der Waals surface area contributed by atoms with Crippen LogP contribution in [0.2, 0.25) is 0 Å². The van der Waals surface area contributed by atoms with Gasteiger partial charge < -0.3 is 10.6 Å². The fraction of sp³-hybridized carbons (Fsp3) is 0.278. The minimum absolute atomic E-state index is 0.0541. The highest BCUT2D eigenvalue weighted by Crippen LogP contribution is 2.19. The van der Waals surface area contributed by atoms with E-state index in [2.05, 4.69) is 43.5 Å². The van der Waals surface area contributed by atoms with Crippen LogP contribution in [0.1, 0.15) is 29.2 Å². The number of anilines is 2. The molecule has 0 bridgehead atoms. The Hall–Kier alpha value is -2.29. The Morgan fingerprint density at radius 2 is 1.48 bits per heavy atom. The summed E-state index contributed by atoms with van der Waals surface area (Å²) >= 11 is 0. The van der Waals surface area contributed by atoms with Crippen LogP contribution < -0.4 is 10.6 Å². The summed E-state index contributed by atoms with van der Waals surface area (Å²) in [6.07, 6.45) is 0. The summed E-state index contributed by atoms with van der Waals surface area (Å²) in [6, 6.07) is 12.2. The van der Waals surface area contributed by atoms with E-state index in [4.69, 9.17) is 0 Å². The van der Waals surface area contributed by atoms with Gasteiger partial charge in [-0.25, -0.2) is 0 Å². The molecule has 0 atom stereocenters. The molecule has 110 valence electrons. The highest BCUT2D eigenvalue weighted by molar-refractivity contribution is 5.88. The lowest BCUT2D eigenvalue weighted by Crippen LogP contribution is -2.06. The number of hydrogen-bond donors (Lipinski definition) is 2. The molecule has 3 nitrogen and oxygen atoms in total. The van der Waals surface area contributed by atoms with E-state index in [0.29, 0.717) is 0 Å². The average molecular weight is 282 g/mol. The number of benzene rings is 2. The molecule has 1 amide bonds. The van der Waals surface area contributed by atoms with Gasteiger partial charge in [-0.1, -0.05) is 17.7 Å². The first-order valence-electron chi connectivity index (χ1n) is 7.14. The first-order valence-corrected chi connectivity index (χ1v) is 7.14. The lowest BCUT2D eigenvalue weighted by molar-refractivity contribution is -0.114. The molecule has 0 radical (unpaired) electrons. The van der Waals surface area contributed by atoms with Gasteiger partial charge in [-0.05, 0) is 61.7 Å². The highest BCUT2D eigenvalue weighted by Gasteiger charge is 2.04. The van der Waals surface area contributed by atoms with E-state index in [-0.39, 0.29) is 5.91 Å². The van der Waals surface area contributed by atoms with Crippen molar-refractivity contribution in [1.29, 1.82) is 0 Å². The predicted octanol–water partition coefficient (Wildman–Crippen LogP) is 4.18. The SMILES string of the molecule is CC(=O)Nc1ccc(NCc2c(C)cc(C)cc2C)cc1. The Balaban J connectivity index is 2.05. The zero-order valence-electron chi connectivity index (χ0n) is 13.1. The third-order valence-corrected chi connectivity index (χ3v) is 3.51. The number of nitrogens with one attached hydrogen (secondary N) is 2. The van der Waals surface area contributed by atoms with E-state index < -0.39 is 0 Å². The molecule has 0 aliphatic heterocycles. The Bertz CT molecular complexity index is 622. The van der Waals surface area contributed by atoms with Crippen LogP contribution in [0.15, 0.2) is 36.4 Å². The Kier molecular flexibility index (Phi) is 4.63. The van der Waals surface area contributed by atoms with Crippen LogP contribution >= 0.6 is 0 Å². The van der Waals surface area contributed by atoms with Gasteiger partial charge >= 0.3 is 0 Å². The number of rotatable bonds is 4. The normalized spacial score (nSPS) is 10.3. The second-order valence-corrected chi connectivity index (χ2v) is 5.49. The van der Waals surface area contributed by atoms with E-state index in [9.17, 15) is 4.79 Å². The van der Waals surface area contributed by atoms with E-state index in [1.165, 1.54) is 29.2 Å². The molecule has 0 aliphatic rings. The van der Waals surface area contributed by atoms with E-state index in [0.717, 1.165) is 17.9 Å².